The largest absolute Gasteiger partial charge is 0.497 e. The quantitative estimate of drug-likeness (QED) is 0.868. The highest BCUT2D eigenvalue weighted by Gasteiger charge is 2.22. The Balaban J connectivity index is 1.93. The Hall–Kier alpha value is -2.09. The van der Waals surface area contributed by atoms with Gasteiger partial charge in [0.15, 0.2) is 0 Å². The first kappa shape index (κ1) is 13.9. The van der Waals surface area contributed by atoms with Gasteiger partial charge in [0.1, 0.15) is 11.8 Å². The average Bonchev–Trinajstić information content (AvgIpc) is 2.56. The number of benzene rings is 2. The van der Waals surface area contributed by atoms with Crippen LogP contribution < -0.4 is 4.74 Å². The fourth-order valence-electron chi connectivity index (χ4n) is 2.74. The Morgan fingerprint density at radius 3 is 2.57 bits per heavy atom. The summed E-state index contributed by atoms with van der Waals surface area (Å²) in [6, 6.07) is 14.4. The first-order valence-electron chi connectivity index (χ1n) is 7.11. The standard InChI is InChI=1S/C17H18N2O2/c1-20-16-5-4-13-10-15(3-2-14(13)11-16)17(12-18)19-6-8-21-9-7-19/h2-5,10-11,17H,6-9H2,1H3. The molecule has 1 saturated heterocycles. The molecule has 3 rings (SSSR count). The van der Waals surface area contributed by atoms with Gasteiger partial charge in [0.2, 0.25) is 0 Å². The van der Waals surface area contributed by atoms with E-state index in [-0.39, 0.29) is 6.04 Å². The number of nitriles is 1. The monoisotopic (exact) mass is 282 g/mol. The first-order chi connectivity index (χ1) is 10.3. The van der Waals surface area contributed by atoms with Gasteiger partial charge in [0, 0.05) is 13.1 Å². The molecule has 1 fully saturated rings. The number of morpholine rings is 1. The molecule has 0 radical (unpaired) electrons. The van der Waals surface area contributed by atoms with Crippen molar-refractivity contribution in [3.63, 3.8) is 0 Å². The Kier molecular flexibility index (Phi) is 4.05. The van der Waals surface area contributed by atoms with Crippen LogP contribution in [0.5, 0.6) is 5.75 Å². The number of hydrogen-bond acceptors (Lipinski definition) is 4. The maximum atomic E-state index is 9.53. The maximum absolute atomic E-state index is 9.53. The number of rotatable bonds is 3. The Morgan fingerprint density at radius 1 is 1.14 bits per heavy atom. The van der Waals surface area contributed by atoms with Gasteiger partial charge in [-0.1, -0.05) is 18.2 Å². The number of fused-ring (bicyclic) bond motifs is 1. The molecule has 1 atom stereocenters. The van der Waals surface area contributed by atoms with Gasteiger partial charge in [-0.3, -0.25) is 4.90 Å². The third kappa shape index (κ3) is 2.85. The smallest absolute Gasteiger partial charge is 0.124 e. The molecule has 0 saturated carbocycles. The molecule has 21 heavy (non-hydrogen) atoms. The predicted molar refractivity (Wildman–Crippen MR) is 81.2 cm³/mol. The van der Waals surface area contributed by atoms with Gasteiger partial charge in [-0.05, 0) is 34.5 Å². The molecule has 4 heteroatoms. The van der Waals surface area contributed by atoms with Gasteiger partial charge < -0.3 is 9.47 Å². The van der Waals surface area contributed by atoms with E-state index >= 15 is 0 Å². The molecule has 0 spiro atoms. The lowest BCUT2D eigenvalue weighted by atomic mass is 10.0. The van der Waals surface area contributed by atoms with E-state index in [2.05, 4.69) is 23.1 Å². The zero-order valence-corrected chi connectivity index (χ0v) is 12.1. The minimum absolute atomic E-state index is 0.208. The fourth-order valence-corrected chi connectivity index (χ4v) is 2.74. The van der Waals surface area contributed by atoms with Crippen molar-refractivity contribution in [3.8, 4) is 11.8 Å². The van der Waals surface area contributed by atoms with Crippen LogP contribution in [-0.2, 0) is 4.74 Å². The third-order valence-corrected chi connectivity index (χ3v) is 3.92. The highest BCUT2D eigenvalue weighted by molar-refractivity contribution is 5.84. The molecule has 0 bridgehead atoms. The second kappa shape index (κ2) is 6.13. The van der Waals surface area contributed by atoms with Gasteiger partial charge >= 0.3 is 0 Å². The summed E-state index contributed by atoms with van der Waals surface area (Å²) in [5.41, 5.74) is 1.04. The molecule has 1 heterocycles. The Morgan fingerprint density at radius 2 is 1.86 bits per heavy atom. The zero-order valence-electron chi connectivity index (χ0n) is 12.1. The molecule has 0 N–H and O–H groups in total. The van der Waals surface area contributed by atoms with Gasteiger partial charge in [0.25, 0.3) is 0 Å². The van der Waals surface area contributed by atoms with Crippen molar-refractivity contribution in [2.75, 3.05) is 33.4 Å². The van der Waals surface area contributed by atoms with Crippen LogP contribution in [0.1, 0.15) is 11.6 Å². The van der Waals surface area contributed by atoms with E-state index in [4.69, 9.17) is 9.47 Å². The lowest BCUT2D eigenvalue weighted by Gasteiger charge is -2.30. The van der Waals surface area contributed by atoms with Crippen molar-refractivity contribution in [2.24, 2.45) is 0 Å². The maximum Gasteiger partial charge on any atom is 0.124 e. The summed E-state index contributed by atoms with van der Waals surface area (Å²) in [7, 11) is 1.67. The van der Waals surface area contributed by atoms with E-state index in [0.717, 1.165) is 35.2 Å². The van der Waals surface area contributed by atoms with Crippen LogP contribution in [0.25, 0.3) is 10.8 Å². The molecule has 4 nitrogen and oxygen atoms in total. The summed E-state index contributed by atoms with van der Waals surface area (Å²) < 4.78 is 10.6. The van der Waals surface area contributed by atoms with Gasteiger partial charge in [0.05, 0.1) is 26.4 Å². The van der Waals surface area contributed by atoms with Gasteiger partial charge in [-0.2, -0.15) is 5.26 Å². The summed E-state index contributed by atoms with van der Waals surface area (Å²) in [5, 5.41) is 11.8. The summed E-state index contributed by atoms with van der Waals surface area (Å²) in [4.78, 5) is 2.17. The number of nitrogens with zero attached hydrogens (tertiary/aromatic N) is 2. The highest BCUT2D eigenvalue weighted by atomic mass is 16.5. The molecule has 1 aliphatic heterocycles. The first-order valence-corrected chi connectivity index (χ1v) is 7.11. The van der Waals surface area contributed by atoms with Crippen molar-refractivity contribution in [1.29, 1.82) is 5.26 Å². The summed E-state index contributed by atoms with van der Waals surface area (Å²) >= 11 is 0. The van der Waals surface area contributed by atoms with Crippen molar-refractivity contribution in [2.45, 2.75) is 6.04 Å². The molecule has 0 amide bonds. The number of methoxy groups -OCH3 is 1. The van der Waals surface area contributed by atoms with Crippen LogP contribution in [0.3, 0.4) is 0 Å². The summed E-state index contributed by atoms with van der Waals surface area (Å²) in [6.07, 6.45) is 0. The van der Waals surface area contributed by atoms with Crippen LogP contribution in [0.4, 0.5) is 0 Å². The molecular weight excluding hydrogens is 264 g/mol. The minimum atomic E-state index is -0.208. The molecule has 0 aromatic heterocycles. The SMILES string of the molecule is COc1ccc2cc(C(C#N)N3CCOCC3)ccc2c1. The molecule has 1 aliphatic rings. The van der Waals surface area contributed by atoms with Crippen molar-refractivity contribution < 1.29 is 9.47 Å². The molecular formula is C17H18N2O2. The summed E-state index contributed by atoms with van der Waals surface area (Å²) in [6.45, 7) is 3.00. The normalized spacial score (nSPS) is 17.3. The predicted octanol–water partition coefficient (Wildman–Crippen LogP) is 2.75. The van der Waals surface area contributed by atoms with E-state index < -0.39 is 0 Å². The van der Waals surface area contributed by atoms with Crippen molar-refractivity contribution >= 4 is 10.8 Å². The van der Waals surface area contributed by atoms with E-state index in [1.807, 2.05) is 24.3 Å². The van der Waals surface area contributed by atoms with Crippen LogP contribution in [0.15, 0.2) is 36.4 Å². The Labute approximate surface area is 124 Å². The Bertz CT molecular complexity index is 672. The molecule has 1 unspecified atom stereocenters. The van der Waals surface area contributed by atoms with Gasteiger partial charge in [-0.15, -0.1) is 0 Å². The summed E-state index contributed by atoms with van der Waals surface area (Å²) in [5.74, 6) is 0.847. The average molecular weight is 282 g/mol. The molecule has 108 valence electrons. The fraction of sp³-hybridized carbons (Fsp3) is 0.353. The minimum Gasteiger partial charge on any atom is -0.497 e. The van der Waals surface area contributed by atoms with Crippen LogP contribution >= 0.6 is 0 Å². The lowest BCUT2D eigenvalue weighted by Crippen LogP contribution is -2.38. The molecule has 0 aliphatic carbocycles. The van der Waals surface area contributed by atoms with Crippen molar-refractivity contribution in [1.82, 2.24) is 4.90 Å². The van der Waals surface area contributed by atoms with Gasteiger partial charge in [-0.25, -0.2) is 0 Å². The third-order valence-electron chi connectivity index (χ3n) is 3.92. The van der Waals surface area contributed by atoms with E-state index in [0.29, 0.717) is 13.2 Å². The van der Waals surface area contributed by atoms with Crippen LogP contribution in [0.2, 0.25) is 0 Å². The zero-order chi connectivity index (χ0) is 14.7. The number of hydrogen-bond donors (Lipinski definition) is 0. The second-order valence-electron chi connectivity index (χ2n) is 5.15. The highest BCUT2D eigenvalue weighted by Crippen LogP contribution is 2.27. The topological polar surface area (TPSA) is 45.5 Å². The second-order valence-corrected chi connectivity index (χ2v) is 5.15. The van der Waals surface area contributed by atoms with Crippen LogP contribution in [-0.4, -0.2) is 38.3 Å². The number of ether oxygens (including phenoxy) is 2. The van der Waals surface area contributed by atoms with E-state index in [1.54, 1.807) is 7.11 Å². The molecule has 2 aromatic rings. The molecule has 2 aromatic carbocycles. The van der Waals surface area contributed by atoms with Crippen LogP contribution in [0, 0.1) is 11.3 Å². The van der Waals surface area contributed by atoms with Crippen molar-refractivity contribution in [3.05, 3.63) is 42.0 Å². The van der Waals surface area contributed by atoms with E-state index in [1.165, 1.54) is 0 Å². The lowest BCUT2D eigenvalue weighted by molar-refractivity contribution is 0.0266. The van der Waals surface area contributed by atoms with E-state index in [9.17, 15) is 5.26 Å².